The Kier molecular flexibility index (Phi) is 5.49. The average molecular weight is 455 g/mol. The number of imidazole rings is 1. The molecule has 0 unspecified atom stereocenters. The Bertz CT molecular complexity index is 1470. The molecule has 1 amide bonds. The van der Waals surface area contributed by atoms with Crippen LogP contribution in [-0.2, 0) is 0 Å². The number of rotatable bonds is 5. The molecule has 0 atom stereocenters. The fourth-order valence-corrected chi connectivity index (χ4v) is 3.71. The lowest BCUT2D eigenvalue weighted by Crippen LogP contribution is -2.13. The molecule has 10 heteroatoms. The maximum atomic E-state index is 12.5. The highest BCUT2D eigenvalue weighted by Gasteiger charge is 2.20. The Morgan fingerprint density at radius 1 is 0.970 bits per heavy atom. The van der Waals surface area contributed by atoms with Crippen LogP contribution in [0.15, 0.2) is 72.4 Å². The first-order valence-corrected chi connectivity index (χ1v) is 11.3. The molecule has 162 valence electrons. The van der Waals surface area contributed by atoms with Crippen LogP contribution in [0.3, 0.4) is 0 Å². The summed E-state index contributed by atoms with van der Waals surface area (Å²) in [5, 5.41) is 3.45. The van der Waals surface area contributed by atoms with Crippen LogP contribution < -0.4 is 5.32 Å². The molecule has 0 saturated carbocycles. The van der Waals surface area contributed by atoms with Gasteiger partial charge in [0, 0.05) is 30.5 Å². The Labute approximate surface area is 193 Å². The van der Waals surface area contributed by atoms with Crippen molar-refractivity contribution in [3.63, 3.8) is 0 Å². The molecule has 5 aromatic rings. The predicted molar refractivity (Wildman–Crippen MR) is 126 cm³/mol. The lowest BCUT2D eigenvalue weighted by atomic mass is 10.1. The molecule has 1 N–H and O–H groups in total. The molecule has 0 aliphatic carbocycles. The Balaban J connectivity index is 1.63. The van der Waals surface area contributed by atoms with E-state index in [2.05, 4.69) is 30.2 Å². The van der Waals surface area contributed by atoms with Crippen LogP contribution in [0.5, 0.6) is 0 Å². The summed E-state index contributed by atoms with van der Waals surface area (Å²) in [6.07, 6.45) is 8.57. The zero-order chi connectivity index (χ0) is 22.8. The van der Waals surface area contributed by atoms with Crippen LogP contribution in [-0.4, -0.2) is 46.5 Å². The maximum absolute atomic E-state index is 12.5. The van der Waals surface area contributed by atoms with Crippen molar-refractivity contribution in [2.75, 3.05) is 11.6 Å². The summed E-state index contributed by atoms with van der Waals surface area (Å²) in [6.45, 7) is 1.93. The molecule has 9 nitrogen and oxygen atoms in total. The number of fused-ring (bicyclic) bond motifs is 1. The third-order valence-electron chi connectivity index (χ3n) is 4.85. The summed E-state index contributed by atoms with van der Waals surface area (Å²) in [5.74, 6) is 0.494. The van der Waals surface area contributed by atoms with Gasteiger partial charge in [-0.15, -0.1) is 0 Å². The summed E-state index contributed by atoms with van der Waals surface area (Å²) < 4.78 is 1.84. The van der Waals surface area contributed by atoms with E-state index in [4.69, 9.17) is 4.98 Å². The zero-order valence-corrected chi connectivity index (χ0v) is 18.6. The number of aryl methyl sites for hydroxylation is 1. The van der Waals surface area contributed by atoms with Crippen LogP contribution in [0.1, 0.15) is 16.1 Å². The first kappa shape index (κ1) is 20.7. The van der Waals surface area contributed by atoms with E-state index in [1.54, 1.807) is 30.6 Å². The number of nitrogens with one attached hydrogen (secondary N) is 1. The van der Waals surface area contributed by atoms with Gasteiger partial charge in [-0.05, 0) is 49.6 Å². The Hall–Kier alpha value is -4.18. The van der Waals surface area contributed by atoms with E-state index < -0.39 is 0 Å². The summed E-state index contributed by atoms with van der Waals surface area (Å²) in [7, 11) is 0. The highest BCUT2D eigenvalue weighted by Crippen LogP contribution is 2.31. The average Bonchev–Trinajstić information content (AvgIpc) is 3.23. The SMILES string of the molecule is CSc1nccc(-c2c(-c3cccc(C)n3)nc3nc(NC(=O)c4cccnc4)ccn23)n1. The normalized spacial score (nSPS) is 11.0. The van der Waals surface area contributed by atoms with E-state index in [1.807, 2.05) is 48.0 Å². The summed E-state index contributed by atoms with van der Waals surface area (Å²) >= 11 is 1.46. The van der Waals surface area contributed by atoms with Gasteiger partial charge in [-0.1, -0.05) is 17.8 Å². The van der Waals surface area contributed by atoms with E-state index in [1.165, 1.54) is 18.0 Å². The predicted octanol–water partition coefficient (Wildman–Crippen LogP) is 3.93. The highest BCUT2D eigenvalue weighted by atomic mass is 32.2. The second-order valence-corrected chi connectivity index (χ2v) is 7.85. The first-order valence-electron chi connectivity index (χ1n) is 10.0. The van der Waals surface area contributed by atoms with Gasteiger partial charge in [0.25, 0.3) is 5.91 Å². The van der Waals surface area contributed by atoms with Crippen molar-refractivity contribution in [1.82, 2.24) is 34.3 Å². The quantitative estimate of drug-likeness (QED) is 0.314. The Morgan fingerprint density at radius 2 is 1.88 bits per heavy atom. The number of carbonyl (C=O) groups excluding carboxylic acids is 1. The molecule has 0 aromatic carbocycles. The van der Waals surface area contributed by atoms with Gasteiger partial charge in [0.1, 0.15) is 17.2 Å². The van der Waals surface area contributed by atoms with Gasteiger partial charge in [-0.25, -0.2) is 15.0 Å². The van der Waals surface area contributed by atoms with Crippen LogP contribution >= 0.6 is 11.8 Å². The van der Waals surface area contributed by atoms with Crippen molar-refractivity contribution in [3.05, 3.63) is 78.5 Å². The van der Waals surface area contributed by atoms with Crippen molar-refractivity contribution in [2.45, 2.75) is 12.1 Å². The lowest BCUT2D eigenvalue weighted by Gasteiger charge is -2.07. The number of nitrogens with zero attached hydrogens (tertiary/aromatic N) is 7. The molecule has 0 bridgehead atoms. The molecule has 0 aliphatic heterocycles. The maximum Gasteiger partial charge on any atom is 0.258 e. The number of aromatic nitrogens is 7. The number of amides is 1. The minimum Gasteiger partial charge on any atom is -0.306 e. The molecule has 0 aliphatic rings. The fourth-order valence-electron chi connectivity index (χ4n) is 3.36. The molecule has 0 spiro atoms. The highest BCUT2D eigenvalue weighted by molar-refractivity contribution is 7.98. The number of thioether (sulfide) groups is 1. The van der Waals surface area contributed by atoms with E-state index in [9.17, 15) is 4.79 Å². The first-order chi connectivity index (χ1) is 16.1. The van der Waals surface area contributed by atoms with E-state index >= 15 is 0 Å². The van der Waals surface area contributed by atoms with Crippen molar-refractivity contribution in [3.8, 4) is 22.8 Å². The minimum absolute atomic E-state index is 0.298. The Morgan fingerprint density at radius 3 is 2.67 bits per heavy atom. The summed E-state index contributed by atoms with van der Waals surface area (Å²) in [6, 6.07) is 12.7. The van der Waals surface area contributed by atoms with Gasteiger partial charge in [-0.3, -0.25) is 19.2 Å². The third kappa shape index (κ3) is 4.15. The fraction of sp³-hybridized carbons (Fsp3) is 0.0870. The topological polar surface area (TPSA) is 111 Å². The molecule has 5 aromatic heterocycles. The van der Waals surface area contributed by atoms with Crippen molar-refractivity contribution in [1.29, 1.82) is 0 Å². The molecule has 33 heavy (non-hydrogen) atoms. The largest absolute Gasteiger partial charge is 0.306 e. The standard InChI is InChI=1S/C23H18N8OS/c1-14-5-3-7-16(26-14)19-20(17-8-11-25-23(27-17)33-2)31-12-9-18(29-22(31)30-19)28-21(32)15-6-4-10-24-13-15/h3-13H,1-2H3,(H,28,29,30,32). The van der Waals surface area contributed by atoms with Gasteiger partial charge >= 0.3 is 0 Å². The van der Waals surface area contributed by atoms with Gasteiger partial charge in [-0.2, -0.15) is 4.98 Å². The summed E-state index contributed by atoms with van der Waals surface area (Å²) in [4.78, 5) is 39.4. The van der Waals surface area contributed by atoms with Crippen LogP contribution in [0.25, 0.3) is 28.6 Å². The smallest absolute Gasteiger partial charge is 0.258 e. The van der Waals surface area contributed by atoms with Gasteiger partial charge in [0.15, 0.2) is 5.16 Å². The number of carbonyl (C=O) groups is 1. The molecular weight excluding hydrogens is 436 g/mol. The van der Waals surface area contributed by atoms with Crippen LogP contribution in [0, 0.1) is 6.92 Å². The second-order valence-electron chi connectivity index (χ2n) is 7.08. The monoisotopic (exact) mass is 454 g/mol. The van der Waals surface area contributed by atoms with Gasteiger partial charge < -0.3 is 5.32 Å². The molecular formula is C23H18N8OS. The van der Waals surface area contributed by atoms with Crippen molar-refractivity contribution >= 4 is 29.3 Å². The molecule has 0 saturated heterocycles. The van der Waals surface area contributed by atoms with Gasteiger partial charge in [0.2, 0.25) is 5.78 Å². The number of pyridine rings is 2. The van der Waals surface area contributed by atoms with Crippen LogP contribution in [0.4, 0.5) is 5.82 Å². The number of hydrogen-bond acceptors (Lipinski definition) is 8. The second kappa shape index (κ2) is 8.75. The van der Waals surface area contributed by atoms with Crippen molar-refractivity contribution < 1.29 is 4.79 Å². The minimum atomic E-state index is -0.298. The third-order valence-corrected chi connectivity index (χ3v) is 5.41. The summed E-state index contributed by atoms with van der Waals surface area (Å²) in [5.41, 5.74) is 4.12. The van der Waals surface area contributed by atoms with Crippen LogP contribution in [0.2, 0.25) is 0 Å². The van der Waals surface area contributed by atoms with E-state index in [-0.39, 0.29) is 5.91 Å². The van der Waals surface area contributed by atoms with Gasteiger partial charge in [0.05, 0.1) is 17.0 Å². The lowest BCUT2D eigenvalue weighted by molar-refractivity contribution is 0.102. The molecule has 5 heterocycles. The van der Waals surface area contributed by atoms with E-state index in [0.29, 0.717) is 39.4 Å². The molecule has 0 fully saturated rings. The zero-order valence-electron chi connectivity index (χ0n) is 17.8. The molecule has 5 rings (SSSR count). The molecule has 0 radical (unpaired) electrons. The van der Waals surface area contributed by atoms with Crippen molar-refractivity contribution in [2.24, 2.45) is 0 Å². The number of anilines is 1. The number of hydrogen-bond donors (Lipinski definition) is 1. The van der Waals surface area contributed by atoms with E-state index in [0.717, 1.165) is 11.4 Å².